The molecule has 1 heterocycles. The summed E-state index contributed by atoms with van der Waals surface area (Å²) in [5.74, 6) is 1.39. The second-order valence-corrected chi connectivity index (χ2v) is 6.94. The zero-order valence-electron chi connectivity index (χ0n) is 16.4. The molecule has 0 saturated carbocycles. The van der Waals surface area contributed by atoms with E-state index >= 15 is 0 Å². The quantitative estimate of drug-likeness (QED) is 0.559. The molecule has 1 aliphatic heterocycles. The van der Waals surface area contributed by atoms with Gasteiger partial charge in [-0.1, -0.05) is 18.2 Å². The monoisotopic (exact) mass is 402 g/mol. The van der Waals surface area contributed by atoms with Crippen molar-refractivity contribution >= 4 is 11.8 Å². The Morgan fingerprint density at radius 3 is 2.30 bits per heavy atom. The lowest BCUT2D eigenvalue weighted by Gasteiger charge is -2.30. The molecule has 2 aromatic rings. The first-order valence-corrected chi connectivity index (χ1v) is 9.67. The number of rotatable bonds is 6. The van der Waals surface area contributed by atoms with Crippen molar-refractivity contribution < 1.29 is 14.6 Å². The number of piperidine rings is 1. The van der Waals surface area contributed by atoms with Gasteiger partial charge in [0.25, 0.3) is 0 Å². The first-order chi connectivity index (χ1) is 14.6. The molecule has 0 bridgehead atoms. The first kappa shape index (κ1) is 20.8. The highest BCUT2D eigenvalue weighted by molar-refractivity contribution is 5.65. The number of carbonyl (C=O) groups is 1. The van der Waals surface area contributed by atoms with Gasteiger partial charge < -0.3 is 19.6 Å². The lowest BCUT2D eigenvalue weighted by Crippen LogP contribution is -2.38. The summed E-state index contributed by atoms with van der Waals surface area (Å²) in [5, 5.41) is 28.0. The van der Waals surface area contributed by atoms with Gasteiger partial charge in [-0.2, -0.15) is 10.5 Å². The molecule has 152 valence electrons. The normalized spacial score (nSPS) is 14.5. The van der Waals surface area contributed by atoms with Gasteiger partial charge in [0.05, 0.1) is 12.1 Å². The number of amides is 1. The summed E-state index contributed by atoms with van der Waals surface area (Å²) in [7, 11) is 0. The van der Waals surface area contributed by atoms with Crippen LogP contribution in [0.5, 0.6) is 11.5 Å². The molecule has 1 N–H and O–H groups in total. The number of likely N-dealkylation sites (tertiary alicyclic amines) is 1. The van der Waals surface area contributed by atoms with Crippen molar-refractivity contribution in [2.75, 3.05) is 24.5 Å². The molecule has 2 aromatic carbocycles. The number of ether oxygens (including phenoxy) is 1. The van der Waals surface area contributed by atoms with E-state index in [0.717, 1.165) is 11.4 Å². The third-order valence-electron chi connectivity index (χ3n) is 5.02. The average Bonchev–Trinajstić information content (AvgIpc) is 2.78. The smallest absolute Gasteiger partial charge is 0.407 e. The van der Waals surface area contributed by atoms with Crippen LogP contribution in [-0.4, -0.2) is 35.7 Å². The molecule has 1 saturated heterocycles. The molecule has 1 fully saturated rings. The molecule has 0 aromatic heterocycles. The van der Waals surface area contributed by atoms with Gasteiger partial charge in [-0.25, -0.2) is 4.79 Å². The zero-order valence-corrected chi connectivity index (χ0v) is 16.4. The van der Waals surface area contributed by atoms with Crippen molar-refractivity contribution in [3.05, 3.63) is 66.4 Å². The Kier molecular flexibility index (Phi) is 6.91. The molecule has 1 amide bonds. The fourth-order valence-electron chi connectivity index (χ4n) is 3.39. The van der Waals surface area contributed by atoms with E-state index in [2.05, 4.69) is 12.1 Å². The first-order valence-electron chi connectivity index (χ1n) is 9.67. The maximum absolute atomic E-state index is 11.1. The third-order valence-corrected chi connectivity index (χ3v) is 5.02. The summed E-state index contributed by atoms with van der Waals surface area (Å²) >= 11 is 0. The van der Waals surface area contributed by atoms with Gasteiger partial charge in [0, 0.05) is 30.5 Å². The van der Waals surface area contributed by atoms with Gasteiger partial charge in [0.1, 0.15) is 18.0 Å². The Morgan fingerprint density at radius 2 is 1.73 bits per heavy atom. The molecule has 0 unspecified atom stereocenters. The Hall–Kier alpha value is -3.97. The molecule has 7 nitrogen and oxygen atoms in total. The Bertz CT molecular complexity index is 966. The highest BCUT2D eigenvalue weighted by Gasteiger charge is 2.25. The fraction of sp³-hybridized carbons (Fsp3) is 0.261. The minimum Gasteiger partial charge on any atom is -0.465 e. The van der Waals surface area contributed by atoms with E-state index in [9.17, 15) is 15.3 Å². The van der Waals surface area contributed by atoms with Crippen molar-refractivity contribution in [1.82, 2.24) is 4.90 Å². The van der Waals surface area contributed by atoms with E-state index in [-0.39, 0.29) is 12.5 Å². The number of hydrogen-bond donors (Lipinski definition) is 1. The van der Waals surface area contributed by atoms with Gasteiger partial charge in [0.15, 0.2) is 0 Å². The highest BCUT2D eigenvalue weighted by Crippen LogP contribution is 2.28. The van der Waals surface area contributed by atoms with Crippen LogP contribution in [0.2, 0.25) is 0 Å². The number of benzene rings is 2. The summed E-state index contributed by atoms with van der Waals surface area (Å²) in [6.45, 7) is 0.906. The van der Waals surface area contributed by atoms with Gasteiger partial charge in [0.2, 0.25) is 0 Å². The van der Waals surface area contributed by atoms with E-state index in [4.69, 9.17) is 9.84 Å². The lowest BCUT2D eigenvalue weighted by atomic mass is 9.90. The Morgan fingerprint density at radius 1 is 1.10 bits per heavy atom. The SMILES string of the molecule is N#CCN(C=C(C#N)C1CCN(C(=O)O)CC1)c1ccc(Oc2ccccc2)cc1. The highest BCUT2D eigenvalue weighted by atomic mass is 16.5. The van der Waals surface area contributed by atoms with Gasteiger partial charge in [-0.05, 0) is 55.2 Å². The second kappa shape index (κ2) is 9.99. The van der Waals surface area contributed by atoms with E-state index in [1.54, 1.807) is 11.1 Å². The summed E-state index contributed by atoms with van der Waals surface area (Å²) in [4.78, 5) is 14.2. The molecule has 1 aliphatic rings. The minimum atomic E-state index is -0.931. The van der Waals surface area contributed by atoms with Crippen LogP contribution in [0.25, 0.3) is 0 Å². The fourth-order valence-corrected chi connectivity index (χ4v) is 3.39. The molecule has 0 aliphatic carbocycles. The standard InChI is InChI=1S/C23H22N4O3/c24-12-15-27(17-19(16-25)18-10-13-26(14-11-18)23(28)29)20-6-8-22(9-7-20)30-21-4-2-1-3-5-21/h1-9,17-18H,10-11,13-15H2,(H,28,29). The molecule has 30 heavy (non-hydrogen) atoms. The van der Waals surface area contributed by atoms with Crippen LogP contribution in [0.15, 0.2) is 66.4 Å². The molecule has 0 atom stereocenters. The predicted molar refractivity (Wildman–Crippen MR) is 112 cm³/mol. The van der Waals surface area contributed by atoms with Crippen molar-refractivity contribution in [2.24, 2.45) is 5.92 Å². The van der Waals surface area contributed by atoms with Crippen LogP contribution in [0.3, 0.4) is 0 Å². The number of allylic oxidation sites excluding steroid dienone is 1. The third kappa shape index (κ3) is 5.30. The number of nitriles is 2. The van der Waals surface area contributed by atoms with Crippen LogP contribution >= 0.6 is 0 Å². The van der Waals surface area contributed by atoms with Crippen LogP contribution in [0.4, 0.5) is 10.5 Å². The largest absolute Gasteiger partial charge is 0.465 e. The number of hydrogen-bond acceptors (Lipinski definition) is 5. The van der Waals surface area contributed by atoms with Gasteiger partial charge in [-0.15, -0.1) is 0 Å². The maximum Gasteiger partial charge on any atom is 0.407 e. The zero-order chi connectivity index (χ0) is 21.3. The number of para-hydroxylation sites is 1. The van der Waals surface area contributed by atoms with Crippen molar-refractivity contribution in [1.29, 1.82) is 10.5 Å². The van der Waals surface area contributed by atoms with Crippen LogP contribution in [0, 0.1) is 28.6 Å². The molecule has 7 heteroatoms. The van der Waals surface area contributed by atoms with Crippen LogP contribution in [0.1, 0.15) is 12.8 Å². The Balaban J connectivity index is 1.73. The van der Waals surface area contributed by atoms with Crippen molar-refractivity contribution in [2.45, 2.75) is 12.8 Å². The second-order valence-electron chi connectivity index (χ2n) is 6.94. The molecule has 3 rings (SSSR count). The summed E-state index contributed by atoms with van der Waals surface area (Å²) in [6.07, 6.45) is 1.96. The molecule has 0 spiro atoms. The Labute approximate surface area is 175 Å². The van der Waals surface area contributed by atoms with Gasteiger partial charge >= 0.3 is 6.09 Å². The van der Waals surface area contributed by atoms with Crippen LogP contribution in [-0.2, 0) is 0 Å². The van der Waals surface area contributed by atoms with E-state index < -0.39 is 6.09 Å². The van der Waals surface area contributed by atoms with Crippen molar-refractivity contribution in [3.63, 3.8) is 0 Å². The topological polar surface area (TPSA) is 101 Å². The van der Waals surface area contributed by atoms with E-state index in [0.29, 0.717) is 37.3 Å². The number of nitrogens with zero attached hydrogens (tertiary/aromatic N) is 4. The average molecular weight is 402 g/mol. The maximum atomic E-state index is 11.1. The number of carboxylic acid groups (broad SMARTS) is 1. The summed E-state index contributed by atoms with van der Waals surface area (Å²) < 4.78 is 5.80. The van der Waals surface area contributed by atoms with E-state index in [1.807, 2.05) is 54.6 Å². The molecule has 0 radical (unpaired) electrons. The molecular weight excluding hydrogens is 380 g/mol. The van der Waals surface area contributed by atoms with E-state index in [1.165, 1.54) is 4.90 Å². The number of anilines is 1. The predicted octanol–water partition coefficient (Wildman–Crippen LogP) is 4.61. The lowest BCUT2D eigenvalue weighted by molar-refractivity contribution is 0.129. The van der Waals surface area contributed by atoms with Crippen LogP contribution < -0.4 is 9.64 Å². The van der Waals surface area contributed by atoms with Gasteiger partial charge in [-0.3, -0.25) is 0 Å². The van der Waals surface area contributed by atoms with Crippen molar-refractivity contribution in [3.8, 4) is 23.6 Å². The summed E-state index contributed by atoms with van der Waals surface area (Å²) in [6, 6.07) is 21.1. The minimum absolute atomic E-state index is 0.0209. The summed E-state index contributed by atoms with van der Waals surface area (Å²) in [5.41, 5.74) is 1.33. The molecular formula is C23H22N4O3.